The number of nitrogens with zero attached hydrogens (tertiary/aromatic N) is 1. The Balaban J connectivity index is 1.85. The van der Waals surface area contributed by atoms with Crippen molar-refractivity contribution >= 4 is 28.3 Å². The number of hydrogen-bond donors (Lipinski definition) is 1. The summed E-state index contributed by atoms with van der Waals surface area (Å²) < 4.78 is 14.7. The molecule has 24 heavy (non-hydrogen) atoms. The van der Waals surface area contributed by atoms with Crippen molar-refractivity contribution in [3.05, 3.63) is 66.1 Å². The molecular weight excluding hydrogens is 307 g/mol. The van der Waals surface area contributed by atoms with Gasteiger partial charge in [0.25, 0.3) is 0 Å². The van der Waals surface area contributed by atoms with E-state index in [0.29, 0.717) is 17.7 Å². The van der Waals surface area contributed by atoms with Crippen molar-refractivity contribution in [2.45, 2.75) is 19.9 Å². The Hall–Kier alpha value is -2.95. The third-order valence-electron chi connectivity index (χ3n) is 3.85. The smallest absolute Gasteiger partial charge is 0.244 e. The van der Waals surface area contributed by atoms with Gasteiger partial charge in [-0.1, -0.05) is 25.1 Å². The second kappa shape index (κ2) is 6.66. The third kappa shape index (κ3) is 3.20. The van der Waals surface area contributed by atoms with E-state index in [1.54, 1.807) is 10.8 Å². The first-order valence-electron chi connectivity index (χ1n) is 7.75. The van der Waals surface area contributed by atoms with E-state index in [1.807, 2.05) is 31.2 Å². The largest absolute Gasteiger partial charge is 0.337 e. The molecule has 0 spiro atoms. The van der Waals surface area contributed by atoms with Crippen molar-refractivity contribution < 1.29 is 14.0 Å². The maximum absolute atomic E-state index is 12.9. The fourth-order valence-electron chi connectivity index (χ4n) is 2.68. The van der Waals surface area contributed by atoms with Gasteiger partial charge in [0.2, 0.25) is 5.91 Å². The van der Waals surface area contributed by atoms with Crippen molar-refractivity contribution in [1.29, 1.82) is 0 Å². The van der Waals surface area contributed by atoms with Gasteiger partial charge in [-0.2, -0.15) is 0 Å². The average molecular weight is 324 g/mol. The van der Waals surface area contributed by atoms with Crippen LogP contribution in [0.2, 0.25) is 0 Å². The molecule has 122 valence electrons. The number of amides is 1. The van der Waals surface area contributed by atoms with Gasteiger partial charge in [-0.25, -0.2) is 4.39 Å². The molecule has 0 saturated heterocycles. The molecule has 2 aromatic carbocycles. The molecule has 5 heteroatoms. The summed E-state index contributed by atoms with van der Waals surface area (Å²) in [6.45, 7) is 1.89. The van der Waals surface area contributed by atoms with Gasteiger partial charge >= 0.3 is 0 Å². The van der Waals surface area contributed by atoms with Gasteiger partial charge < -0.3 is 9.88 Å². The van der Waals surface area contributed by atoms with Crippen LogP contribution in [0.5, 0.6) is 0 Å². The number of carbonyl (C=O) groups excluding carboxylic acids is 2. The fraction of sp³-hybridized carbons (Fsp3) is 0.158. The number of rotatable bonds is 5. The monoisotopic (exact) mass is 324 g/mol. The first kappa shape index (κ1) is 15.9. The van der Waals surface area contributed by atoms with Crippen LogP contribution in [0.3, 0.4) is 0 Å². The molecule has 1 heterocycles. The summed E-state index contributed by atoms with van der Waals surface area (Å²) in [6.07, 6.45) is 2.14. The summed E-state index contributed by atoms with van der Waals surface area (Å²) in [5, 5.41) is 3.57. The molecule has 4 nitrogen and oxygen atoms in total. The lowest BCUT2D eigenvalue weighted by atomic mass is 10.1. The summed E-state index contributed by atoms with van der Waals surface area (Å²) in [6, 6.07) is 13.1. The average Bonchev–Trinajstić information content (AvgIpc) is 2.95. The zero-order valence-electron chi connectivity index (χ0n) is 13.3. The Bertz CT molecular complexity index is 897. The predicted octanol–water partition coefficient (Wildman–Crippen LogP) is 4.01. The summed E-state index contributed by atoms with van der Waals surface area (Å²) >= 11 is 0. The fourth-order valence-corrected chi connectivity index (χ4v) is 2.68. The highest BCUT2D eigenvalue weighted by Gasteiger charge is 2.15. The zero-order chi connectivity index (χ0) is 17.1. The molecule has 3 rings (SSSR count). The van der Waals surface area contributed by atoms with Gasteiger partial charge in [-0.05, 0) is 30.3 Å². The highest BCUT2D eigenvalue weighted by atomic mass is 19.1. The lowest BCUT2D eigenvalue weighted by Crippen LogP contribution is -2.18. The third-order valence-corrected chi connectivity index (χ3v) is 3.85. The predicted molar refractivity (Wildman–Crippen MR) is 91.6 cm³/mol. The van der Waals surface area contributed by atoms with E-state index in [-0.39, 0.29) is 24.1 Å². The normalized spacial score (nSPS) is 10.8. The van der Waals surface area contributed by atoms with Crippen LogP contribution in [0.4, 0.5) is 10.1 Å². The first-order chi connectivity index (χ1) is 11.6. The molecular formula is C19H17FN2O2. The summed E-state index contributed by atoms with van der Waals surface area (Å²) in [5.41, 5.74) is 1.99. The van der Waals surface area contributed by atoms with Crippen molar-refractivity contribution in [1.82, 2.24) is 4.57 Å². The van der Waals surface area contributed by atoms with Crippen LogP contribution < -0.4 is 5.32 Å². The molecule has 1 aromatic heterocycles. The molecule has 0 aliphatic carbocycles. The van der Waals surface area contributed by atoms with E-state index >= 15 is 0 Å². The number of ketones is 1. The van der Waals surface area contributed by atoms with E-state index in [9.17, 15) is 14.0 Å². The SMILES string of the molecule is CCC(=O)c1cn(CC(=O)Nc2ccc(F)cc2)c2ccccc12. The Morgan fingerprint density at radius 1 is 1.08 bits per heavy atom. The number of nitrogens with one attached hydrogen (secondary N) is 1. The first-order valence-corrected chi connectivity index (χ1v) is 7.75. The summed E-state index contributed by atoms with van der Waals surface area (Å²) in [7, 11) is 0. The van der Waals surface area contributed by atoms with Crippen LogP contribution in [-0.2, 0) is 11.3 Å². The molecule has 0 unspecified atom stereocenters. The van der Waals surface area contributed by atoms with E-state index < -0.39 is 0 Å². The summed E-state index contributed by atoms with van der Waals surface area (Å²) in [4.78, 5) is 24.3. The summed E-state index contributed by atoms with van der Waals surface area (Å²) in [5.74, 6) is -0.547. The molecule has 0 radical (unpaired) electrons. The molecule has 1 amide bonds. The number of hydrogen-bond acceptors (Lipinski definition) is 2. The second-order valence-electron chi connectivity index (χ2n) is 5.52. The Labute approximate surface area is 138 Å². The van der Waals surface area contributed by atoms with Gasteiger partial charge in [0.15, 0.2) is 5.78 Å². The molecule has 1 N–H and O–H groups in total. The minimum Gasteiger partial charge on any atom is -0.337 e. The van der Waals surface area contributed by atoms with Gasteiger partial charge in [-0.3, -0.25) is 9.59 Å². The number of benzene rings is 2. The van der Waals surface area contributed by atoms with Crippen molar-refractivity contribution in [2.24, 2.45) is 0 Å². The molecule has 0 aliphatic rings. The minimum absolute atomic E-state index is 0.0453. The van der Waals surface area contributed by atoms with Gasteiger partial charge in [0.05, 0.1) is 0 Å². The molecule has 0 saturated carbocycles. The number of Topliss-reactive ketones (excluding diaryl/α,β-unsaturated/α-hetero) is 1. The number of carbonyl (C=O) groups is 2. The van der Waals surface area contributed by atoms with Crippen LogP contribution in [0, 0.1) is 5.82 Å². The zero-order valence-corrected chi connectivity index (χ0v) is 13.3. The number of aromatic nitrogens is 1. The van der Waals surface area contributed by atoms with Gasteiger partial charge in [0, 0.05) is 34.8 Å². The van der Waals surface area contributed by atoms with E-state index in [2.05, 4.69) is 5.32 Å². The second-order valence-corrected chi connectivity index (χ2v) is 5.52. The van der Waals surface area contributed by atoms with Crippen molar-refractivity contribution in [3.63, 3.8) is 0 Å². The van der Waals surface area contributed by atoms with Crippen LogP contribution in [0.15, 0.2) is 54.7 Å². The highest BCUT2D eigenvalue weighted by molar-refractivity contribution is 6.08. The van der Waals surface area contributed by atoms with E-state index in [4.69, 9.17) is 0 Å². The number of halogens is 1. The van der Waals surface area contributed by atoms with E-state index in [0.717, 1.165) is 10.9 Å². The molecule has 0 aliphatic heterocycles. The molecule has 3 aromatic rings. The van der Waals surface area contributed by atoms with E-state index in [1.165, 1.54) is 24.3 Å². The quantitative estimate of drug-likeness (QED) is 0.721. The van der Waals surface area contributed by atoms with Crippen molar-refractivity contribution in [2.75, 3.05) is 5.32 Å². The molecule has 0 fully saturated rings. The van der Waals surface area contributed by atoms with Crippen LogP contribution in [0.1, 0.15) is 23.7 Å². The number of anilines is 1. The topological polar surface area (TPSA) is 51.1 Å². The van der Waals surface area contributed by atoms with Gasteiger partial charge in [0.1, 0.15) is 12.4 Å². The van der Waals surface area contributed by atoms with Crippen LogP contribution in [-0.4, -0.2) is 16.3 Å². The van der Waals surface area contributed by atoms with Crippen LogP contribution in [0.25, 0.3) is 10.9 Å². The standard InChI is InChI=1S/C19H17FN2O2/c1-2-18(23)16-11-22(17-6-4-3-5-15(16)17)12-19(24)21-14-9-7-13(20)8-10-14/h3-11H,2,12H2,1H3,(H,21,24). The number of para-hydroxylation sites is 1. The Kier molecular flexibility index (Phi) is 4.42. The molecule has 0 bridgehead atoms. The van der Waals surface area contributed by atoms with Crippen molar-refractivity contribution in [3.8, 4) is 0 Å². The van der Waals surface area contributed by atoms with Gasteiger partial charge in [-0.15, -0.1) is 0 Å². The lowest BCUT2D eigenvalue weighted by molar-refractivity contribution is -0.116. The number of fused-ring (bicyclic) bond motifs is 1. The maximum atomic E-state index is 12.9. The van der Waals surface area contributed by atoms with Crippen LogP contribution >= 0.6 is 0 Å². The Morgan fingerprint density at radius 2 is 1.79 bits per heavy atom. The lowest BCUT2D eigenvalue weighted by Gasteiger charge is -2.07. The minimum atomic E-state index is -0.355. The highest BCUT2D eigenvalue weighted by Crippen LogP contribution is 2.22. The molecule has 0 atom stereocenters. The Morgan fingerprint density at radius 3 is 2.50 bits per heavy atom. The maximum Gasteiger partial charge on any atom is 0.244 e.